The lowest BCUT2D eigenvalue weighted by Crippen LogP contribution is -2.32. The highest BCUT2D eigenvalue weighted by molar-refractivity contribution is 7.93. The fourth-order valence-corrected chi connectivity index (χ4v) is 5.94. The van der Waals surface area contributed by atoms with Gasteiger partial charge in [0, 0.05) is 42.6 Å². The lowest BCUT2D eigenvalue weighted by atomic mass is 10.1. The summed E-state index contributed by atoms with van der Waals surface area (Å²) in [5.74, 6) is -0.269. The van der Waals surface area contributed by atoms with Crippen LogP contribution in [0.4, 0.5) is 5.69 Å². The minimum absolute atomic E-state index is 0.202. The maximum Gasteiger partial charge on any atom is 0.271 e. The number of sulfonamides is 1. The van der Waals surface area contributed by atoms with Crippen LogP contribution in [0.15, 0.2) is 70.7 Å². The van der Waals surface area contributed by atoms with Gasteiger partial charge >= 0.3 is 0 Å². The fraction of sp³-hybridized carbons (Fsp3) is 0.250. The molecule has 3 aromatic carbocycles. The highest BCUT2D eigenvalue weighted by Crippen LogP contribution is 2.42. The van der Waals surface area contributed by atoms with Crippen molar-refractivity contribution in [1.82, 2.24) is 10.3 Å². The van der Waals surface area contributed by atoms with Crippen molar-refractivity contribution in [3.8, 4) is 0 Å². The molecule has 7 nitrogen and oxygen atoms in total. The molecule has 0 bridgehead atoms. The van der Waals surface area contributed by atoms with E-state index in [1.807, 2.05) is 24.3 Å². The highest BCUT2D eigenvalue weighted by Gasteiger charge is 2.35. The third-order valence-electron chi connectivity index (χ3n) is 6.10. The van der Waals surface area contributed by atoms with Crippen LogP contribution in [0.2, 0.25) is 0 Å². The van der Waals surface area contributed by atoms with Gasteiger partial charge in [-0.3, -0.25) is 9.10 Å². The van der Waals surface area contributed by atoms with E-state index in [9.17, 15) is 13.2 Å². The molecular weight excluding hydrogens is 424 g/mol. The van der Waals surface area contributed by atoms with Crippen molar-refractivity contribution in [1.29, 1.82) is 0 Å². The molecule has 5 rings (SSSR count). The predicted molar refractivity (Wildman–Crippen MR) is 125 cm³/mol. The molecule has 0 atom stereocenters. The van der Waals surface area contributed by atoms with Crippen molar-refractivity contribution in [2.45, 2.75) is 24.3 Å². The van der Waals surface area contributed by atoms with Crippen molar-refractivity contribution in [2.75, 3.05) is 24.4 Å². The second-order valence-electron chi connectivity index (χ2n) is 8.26. The zero-order chi connectivity index (χ0) is 22.3. The molecule has 0 radical (unpaired) electrons. The molecule has 164 valence electrons. The Morgan fingerprint density at radius 3 is 2.41 bits per heavy atom. The molecule has 1 fully saturated rings. The molecule has 0 aromatic heterocycles. The molecular formula is C24H24N4O3S. The molecule has 32 heavy (non-hydrogen) atoms. The highest BCUT2D eigenvalue weighted by atomic mass is 32.2. The van der Waals surface area contributed by atoms with Crippen molar-refractivity contribution in [3.05, 3.63) is 71.8 Å². The zero-order valence-electron chi connectivity index (χ0n) is 17.8. The van der Waals surface area contributed by atoms with Gasteiger partial charge in [-0.2, -0.15) is 5.10 Å². The van der Waals surface area contributed by atoms with Crippen LogP contribution in [0.3, 0.4) is 0 Å². The van der Waals surface area contributed by atoms with Gasteiger partial charge in [0.1, 0.15) is 0 Å². The van der Waals surface area contributed by atoms with Crippen LogP contribution in [0, 0.1) is 0 Å². The molecule has 1 saturated heterocycles. The van der Waals surface area contributed by atoms with Crippen LogP contribution in [0.25, 0.3) is 10.8 Å². The summed E-state index contributed by atoms with van der Waals surface area (Å²) in [7, 11) is -1.54. The number of benzene rings is 3. The topological polar surface area (TPSA) is 82.1 Å². The van der Waals surface area contributed by atoms with E-state index >= 15 is 0 Å². The second kappa shape index (κ2) is 8.03. The molecule has 0 spiro atoms. The number of likely N-dealkylation sites (tertiary alicyclic amines) is 1. The van der Waals surface area contributed by atoms with E-state index in [1.165, 1.54) is 4.31 Å². The molecule has 2 aliphatic heterocycles. The SMILES string of the molecule is CN1CCC(=NNC(=O)c2ccc(CN3c4cccc5cccc(c45)S3(=O)=O)cc2)CC1. The first-order chi connectivity index (χ1) is 15.4. The summed E-state index contributed by atoms with van der Waals surface area (Å²) in [6, 6.07) is 18.0. The number of anilines is 1. The standard InChI is InChI=1S/C24H24N4O3S/c1-27-14-12-20(13-15-27)25-26-24(29)19-10-8-17(9-11-19)16-28-21-6-2-4-18-5-3-7-22(23(18)21)32(28,30)31/h2-11H,12-16H2,1H3,(H,26,29). The monoisotopic (exact) mass is 448 g/mol. The maximum atomic E-state index is 13.1. The van der Waals surface area contributed by atoms with E-state index < -0.39 is 10.0 Å². The number of hydrogen-bond acceptors (Lipinski definition) is 5. The molecule has 0 unspecified atom stereocenters. The molecule has 0 saturated carbocycles. The van der Waals surface area contributed by atoms with Gasteiger partial charge in [-0.25, -0.2) is 13.8 Å². The number of carbonyl (C=O) groups excluding carboxylic acids is 1. The Morgan fingerprint density at radius 1 is 1.00 bits per heavy atom. The Morgan fingerprint density at radius 2 is 1.69 bits per heavy atom. The number of rotatable bonds is 4. The van der Waals surface area contributed by atoms with Gasteiger partial charge in [0.15, 0.2) is 0 Å². The van der Waals surface area contributed by atoms with Crippen molar-refractivity contribution >= 4 is 38.1 Å². The molecule has 2 heterocycles. The average molecular weight is 449 g/mol. The minimum Gasteiger partial charge on any atom is -0.306 e. The Hall–Kier alpha value is -3.23. The van der Waals surface area contributed by atoms with Gasteiger partial charge < -0.3 is 4.90 Å². The fourth-order valence-electron chi connectivity index (χ4n) is 4.24. The third kappa shape index (κ3) is 3.65. The van der Waals surface area contributed by atoms with E-state index in [-0.39, 0.29) is 12.5 Å². The van der Waals surface area contributed by atoms with Gasteiger partial charge in [-0.1, -0.05) is 36.4 Å². The first-order valence-electron chi connectivity index (χ1n) is 10.6. The Labute approximate surface area is 187 Å². The van der Waals surface area contributed by atoms with Crippen LogP contribution < -0.4 is 9.73 Å². The summed E-state index contributed by atoms with van der Waals surface area (Å²) < 4.78 is 27.7. The lowest BCUT2D eigenvalue weighted by Gasteiger charge is -2.22. The summed E-state index contributed by atoms with van der Waals surface area (Å²) in [5, 5.41) is 5.94. The van der Waals surface area contributed by atoms with E-state index in [2.05, 4.69) is 22.5 Å². The second-order valence-corrected chi connectivity index (χ2v) is 10.1. The first-order valence-corrected chi connectivity index (χ1v) is 12.1. The van der Waals surface area contributed by atoms with Crippen LogP contribution in [-0.4, -0.2) is 45.1 Å². The van der Waals surface area contributed by atoms with Gasteiger partial charge in [-0.05, 0) is 42.3 Å². The summed E-state index contributed by atoms with van der Waals surface area (Å²) >= 11 is 0. The van der Waals surface area contributed by atoms with Crippen LogP contribution in [-0.2, 0) is 16.6 Å². The Kier molecular flexibility index (Phi) is 5.19. The molecule has 0 aliphatic carbocycles. The smallest absolute Gasteiger partial charge is 0.271 e. The summed E-state index contributed by atoms with van der Waals surface area (Å²) in [4.78, 5) is 15.0. The number of nitrogens with one attached hydrogen (secondary N) is 1. The average Bonchev–Trinajstić information content (AvgIpc) is 3.02. The molecule has 1 amide bonds. The van der Waals surface area contributed by atoms with Crippen LogP contribution in [0.1, 0.15) is 28.8 Å². The van der Waals surface area contributed by atoms with Gasteiger partial charge in [0.25, 0.3) is 15.9 Å². The minimum atomic E-state index is -3.62. The van der Waals surface area contributed by atoms with Crippen molar-refractivity contribution < 1.29 is 13.2 Å². The Bertz CT molecular complexity index is 1320. The van der Waals surface area contributed by atoms with Crippen molar-refractivity contribution in [2.24, 2.45) is 5.10 Å². The van der Waals surface area contributed by atoms with Crippen LogP contribution in [0.5, 0.6) is 0 Å². The summed E-state index contributed by atoms with van der Waals surface area (Å²) in [5.41, 5.74) is 5.62. The van der Waals surface area contributed by atoms with Gasteiger partial charge in [-0.15, -0.1) is 0 Å². The van der Waals surface area contributed by atoms with E-state index in [0.717, 1.165) is 48.0 Å². The number of carbonyl (C=O) groups is 1. The summed E-state index contributed by atoms with van der Waals surface area (Å²) in [6.45, 7) is 2.09. The number of nitrogens with zero attached hydrogens (tertiary/aromatic N) is 3. The first kappa shape index (κ1) is 20.7. The van der Waals surface area contributed by atoms with Gasteiger partial charge in [0.05, 0.1) is 17.1 Å². The maximum absolute atomic E-state index is 13.1. The van der Waals surface area contributed by atoms with Crippen LogP contribution >= 0.6 is 0 Å². The number of hydrogen-bond donors (Lipinski definition) is 1. The largest absolute Gasteiger partial charge is 0.306 e. The lowest BCUT2D eigenvalue weighted by molar-refractivity contribution is 0.0954. The number of hydrazone groups is 1. The van der Waals surface area contributed by atoms with E-state index in [0.29, 0.717) is 16.1 Å². The van der Waals surface area contributed by atoms with Gasteiger partial charge in [0.2, 0.25) is 0 Å². The Balaban J connectivity index is 1.32. The number of amides is 1. The number of piperidine rings is 1. The quantitative estimate of drug-likeness (QED) is 0.621. The predicted octanol–water partition coefficient (Wildman–Crippen LogP) is 3.36. The van der Waals surface area contributed by atoms with E-state index in [4.69, 9.17) is 0 Å². The third-order valence-corrected chi connectivity index (χ3v) is 7.91. The van der Waals surface area contributed by atoms with Crippen molar-refractivity contribution in [3.63, 3.8) is 0 Å². The molecule has 3 aromatic rings. The molecule has 1 N–H and O–H groups in total. The normalized spacial score (nSPS) is 17.5. The summed E-state index contributed by atoms with van der Waals surface area (Å²) in [6.07, 6.45) is 1.71. The van der Waals surface area contributed by atoms with E-state index in [1.54, 1.807) is 36.4 Å². The molecule has 8 heteroatoms. The zero-order valence-corrected chi connectivity index (χ0v) is 18.6. The molecule has 2 aliphatic rings.